The summed E-state index contributed by atoms with van der Waals surface area (Å²) in [4.78, 5) is 25.4. The minimum absolute atomic E-state index is 0.00437. The highest BCUT2D eigenvalue weighted by Crippen LogP contribution is 2.23. The summed E-state index contributed by atoms with van der Waals surface area (Å²) in [6.07, 6.45) is 3.60. The van der Waals surface area contributed by atoms with Gasteiger partial charge in [-0.15, -0.1) is 0 Å². The van der Waals surface area contributed by atoms with Gasteiger partial charge in [-0.3, -0.25) is 9.59 Å². The molecule has 0 atom stereocenters. The zero-order chi connectivity index (χ0) is 18.2. The average Bonchev–Trinajstić information content (AvgIpc) is 2.99. The summed E-state index contributed by atoms with van der Waals surface area (Å²) in [6, 6.07) is 7.65. The third-order valence-electron chi connectivity index (χ3n) is 3.92. The Morgan fingerprint density at radius 2 is 2.28 bits per heavy atom. The van der Waals surface area contributed by atoms with E-state index in [0.29, 0.717) is 25.9 Å². The molecule has 0 saturated carbocycles. The van der Waals surface area contributed by atoms with Crippen LogP contribution in [0.25, 0.3) is 0 Å². The van der Waals surface area contributed by atoms with Gasteiger partial charge in [0.25, 0.3) is 5.91 Å². The number of benzene rings is 1. The molecule has 0 aromatic heterocycles. The van der Waals surface area contributed by atoms with E-state index >= 15 is 0 Å². The zero-order valence-electron chi connectivity index (χ0n) is 14.1. The van der Waals surface area contributed by atoms with Gasteiger partial charge >= 0.3 is 0 Å². The normalized spacial score (nSPS) is 14.4. The fourth-order valence-corrected chi connectivity index (χ4v) is 3.15. The van der Waals surface area contributed by atoms with Gasteiger partial charge in [0.15, 0.2) is 0 Å². The Morgan fingerprint density at radius 1 is 1.48 bits per heavy atom. The fourth-order valence-electron chi connectivity index (χ4n) is 2.54. The third-order valence-corrected chi connectivity index (χ3v) is 4.58. The molecule has 0 bridgehead atoms. The van der Waals surface area contributed by atoms with E-state index in [1.54, 1.807) is 0 Å². The van der Waals surface area contributed by atoms with Crippen LogP contribution in [0.2, 0.25) is 0 Å². The Morgan fingerprint density at radius 3 is 2.92 bits per heavy atom. The number of nitrogens with zero attached hydrogens (tertiary/aromatic N) is 2. The van der Waals surface area contributed by atoms with Crippen molar-refractivity contribution >= 4 is 33.4 Å². The lowest BCUT2D eigenvalue weighted by Gasteiger charge is -2.15. The number of amides is 2. The quantitative estimate of drug-likeness (QED) is 0.415. The second-order valence-corrected chi connectivity index (χ2v) is 6.75. The molecule has 2 N–H and O–H groups in total. The molecule has 6 nitrogen and oxygen atoms in total. The Balaban J connectivity index is 1.81. The number of anilines is 1. The molecular weight excluding hydrogens is 384 g/mol. The number of halogens is 1. The van der Waals surface area contributed by atoms with E-state index in [0.717, 1.165) is 28.7 Å². The lowest BCUT2D eigenvalue weighted by Crippen LogP contribution is -2.31. The molecular formula is C18H21BrN4O2. The minimum atomic E-state index is -0.425. The van der Waals surface area contributed by atoms with Crippen LogP contribution in [0.3, 0.4) is 0 Å². The van der Waals surface area contributed by atoms with E-state index in [4.69, 9.17) is 5.26 Å². The van der Waals surface area contributed by atoms with Crippen LogP contribution in [-0.2, 0) is 9.59 Å². The van der Waals surface area contributed by atoms with Crippen molar-refractivity contribution in [3.63, 3.8) is 0 Å². The summed E-state index contributed by atoms with van der Waals surface area (Å²) in [5.41, 5.74) is 1.89. The van der Waals surface area contributed by atoms with Gasteiger partial charge in [0.1, 0.15) is 11.6 Å². The van der Waals surface area contributed by atoms with Crippen LogP contribution in [0.1, 0.15) is 24.8 Å². The molecule has 1 heterocycles. The largest absolute Gasteiger partial charge is 0.359 e. The van der Waals surface area contributed by atoms with Crippen LogP contribution in [-0.4, -0.2) is 36.3 Å². The molecule has 0 unspecified atom stereocenters. The molecule has 0 aliphatic carbocycles. The maximum Gasteiger partial charge on any atom is 0.263 e. The molecule has 1 fully saturated rings. The Labute approximate surface area is 156 Å². The topological polar surface area (TPSA) is 85.2 Å². The summed E-state index contributed by atoms with van der Waals surface area (Å²) >= 11 is 3.44. The van der Waals surface area contributed by atoms with Gasteiger partial charge in [-0.1, -0.05) is 6.07 Å². The van der Waals surface area contributed by atoms with Crippen LogP contribution in [0.4, 0.5) is 5.69 Å². The number of nitriles is 1. The number of nitrogens with one attached hydrogen (secondary N) is 2. The minimum Gasteiger partial charge on any atom is -0.359 e. The fraction of sp³-hybridized carbons (Fsp3) is 0.389. The van der Waals surface area contributed by atoms with E-state index in [9.17, 15) is 9.59 Å². The number of aryl methyl sites for hydroxylation is 1. The predicted octanol–water partition coefficient (Wildman–Crippen LogP) is 2.71. The second kappa shape index (κ2) is 9.23. The van der Waals surface area contributed by atoms with E-state index < -0.39 is 5.91 Å². The third kappa shape index (κ3) is 5.61. The van der Waals surface area contributed by atoms with Crippen LogP contribution in [0, 0.1) is 18.3 Å². The van der Waals surface area contributed by atoms with Crippen molar-refractivity contribution in [3.05, 3.63) is 40.0 Å². The van der Waals surface area contributed by atoms with Crippen LogP contribution in [0.15, 0.2) is 34.4 Å². The summed E-state index contributed by atoms with van der Waals surface area (Å²) in [6.45, 7) is 3.84. The monoisotopic (exact) mass is 404 g/mol. The first kappa shape index (κ1) is 19.0. The van der Waals surface area contributed by atoms with E-state index in [-0.39, 0.29) is 11.5 Å². The van der Waals surface area contributed by atoms with Gasteiger partial charge in [0, 0.05) is 36.7 Å². The first-order valence-electron chi connectivity index (χ1n) is 8.20. The summed E-state index contributed by atoms with van der Waals surface area (Å²) in [5.74, 6) is -0.247. The smallest absolute Gasteiger partial charge is 0.263 e. The van der Waals surface area contributed by atoms with Crippen LogP contribution >= 0.6 is 15.9 Å². The van der Waals surface area contributed by atoms with Gasteiger partial charge in [-0.05, 0) is 53.4 Å². The number of hydrogen-bond acceptors (Lipinski definition) is 4. The maximum absolute atomic E-state index is 12.1. The van der Waals surface area contributed by atoms with Gasteiger partial charge in [-0.2, -0.15) is 5.26 Å². The highest BCUT2D eigenvalue weighted by molar-refractivity contribution is 9.10. The summed E-state index contributed by atoms with van der Waals surface area (Å²) < 4.78 is 0.858. The van der Waals surface area contributed by atoms with Crippen molar-refractivity contribution in [2.45, 2.75) is 26.2 Å². The molecule has 1 aromatic rings. The molecule has 0 spiro atoms. The Bertz CT molecular complexity index is 724. The highest BCUT2D eigenvalue weighted by Gasteiger charge is 2.19. The van der Waals surface area contributed by atoms with Crippen molar-refractivity contribution < 1.29 is 9.59 Å². The van der Waals surface area contributed by atoms with E-state index in [1.165, 1.54) is 6.20 Å². The first-order chi connectivity index (χ1) is 12.0. The molecule has 1 aliphatic heterocycles. The number of hydrogen-bond donors (Lipinski definition) is 2. The van der Waals surface area contributed by atoms with E-state index in [2.05, 4.69) is 26.6 Å². The highest BCUT2D eigenvalue weighted by atomic mass is 79.9. The first-order valence-corrected chi connectivity index (χ1v) is 8.99. The molecule has 2 amide bonds. The molecule has 25 heavy (non-hydrogen) atoms. The molecule has 2 rings (SSSR count). The number of carbonyl (C=O) groups excluding carboxylic acids is 2. The summed E-state index contributed by atoms with van der Waals surface area (Å²) in [5, 5.41) is 14.8. The molecule has 132 valence electrons. The molecule has 0 radical (unpaired) electrons. The van der Waals surface area contributed by atoms with Gasteiger partial charge in [0.2, 0.25) is 5.91 Å². The van der Waals surface area contributed by atoms with Crippen molar-refractivity contribution in [2.75, 3.05) is 25.0 Å². The van der Waals surface area contributed by atoms with Crippen molar-refractivity contribution in [1.82, 2.24) is 10.2 Å². The number of likely N-dealkylation sites (tertiary alicyclic amines) is 1. The maximum atomic E-state index is 12.1. The lowest BCUT2D eigenvalue weighted by molar-refractivity contribution is -0.127. The van der Waals surface area contributed by atoms with Crippen molar-refractivity contribution in [3.8, 4) is 6.07 Å². The second-order valence-electron chi connectivity index (χ2n) is 5.89. The molecule has 7 heteroatoms. The van der Waals surface area contributed by atoms with E-state index in [1.807, 2.05) is 36.1 Å². The van der Waals surface area contributed by atoms with Gasteiger partial charge in [-0.25, -0.2) is 0 Å². The van der Waals surface area contributed by atoms with Crippen LogP contribution in [0.5, 0.6) is 0 Å². The van der Waals surface area contributed by atoms with Gasteiger partial charge in [0.05, 0.1) is 5.69 Å². The predicted molar refractivity (Wildman–Crippen MR) is 99.6 cm³/mol. The zero-order valence-corrected chi connectivity index (χ0v) is 15.7. The number of carbonyl (C=O) groups is 2. The number of rotatable bonds is 7. The Kier molecular flexibility index (Phi) is 7.02. The molecule has 1 aromatic carbocycles. The standard InChI is InChI=1S/C18H21BrN4O2/c1-13-5-6-16(15(19)10-13)22-12-14(11-20)18(25)21-7-3-9-23-8-2-4-17(23)24/h5-6,10,12,22H,2-4,7-9H2,1H3,(H,21,25)/b14-12-. The SMILES string of the molecule is Cc1ccc(N/C=C(/C#N)C(=O)NCCCN2CCCC2=O)c(Br)c1. The van der Waals surface area contributed by atoms with Gasteiger partial charge < -0.3 is 15.5 Å². The summed E-state index contributed by atoms with van der Waals surface area (Å²) in [7, 11) is 0. The molecule has 1 aliphatic rings. The van der Waals surface area contributed by atoms with Crippen molar-refractivity contribution in [2.24, 2.45) is 0 Å². The van der Waals surface area contributed by atoms with Crippen LogP contribution < -0.4 is 10.6 Å². The average molecular weight is 405 g/mol. The Hall–Kier alpha value is -2.33. The lowest BCUT2D eigenvalue weighted by atomic mass is 10.2. The van der Waals surface area contributed by atoms with Crippen molar-refractivity contribution in [1.29, 1.82) is 5.26 Å². The molecule has 1 saturated heterocycles.